The molecule has 2 rings (SSSR count). The maximum atomic E-state index is 11.0. The predicted molar refractivity (Wildman–Crippen MR) is 67.8 cm³/mol. The second kappa shape index (κ2) is 6.93. The molecule has 10 atom stereocenters. The molecule has 2 fully saturated rings. The van der Waals surface area contributed by atoms with Crippen LogP contribution in [0.3, 0.4) is 0 Å². The van der Waals surface area contributed by atoms with Gasteiger partial charge in [0, 0.05) is 0 Å². The third-order valence-corrected chi connectivity index (χ3v) is 3.90. The molecule has 0 aromatic heterocycles. The summed E-state index contributed by atoms with van der Waals surface area (Å²) in [6.45, 7) is 1.40. The van der Waals surface area contributed by atoms with E-state index in [-0.39, 0.29) is 0 Å². The first-order valence-corrected chi connectivity index (χ1v) is 6.92. The standard InChI is InChI=1S/C12H20O11/c1-2-8(5(15)6(16)11(20)21-2)22-12-7(17)3(13)4(14)9(23-12)10(18)19/h2-9,11-17,20H,1H3,(H,18,19)/t2-,3-,4+,5-,6-,7+,8+,9+,11+,12+/m0/s1. The van der Waals surface area contributed by atoms with Gasteiger partial charge in [-0.2, -0.15) is 0 Å². The number of carboxylic acids is 1. The largest absolute Gasteiger partial charge is 0.479 e. The topological polar surface area (TPSA) is 186 Å². The summed E-state index contributed by atoms with van der Waals surface area (Å²) in [4.78, 5) is 11.0. The Morgan fingerprint density at radius 3 is 2.04 bits per heavy atom. The molecule has 0 aliphatic carbocycles. The van der Waals surface area contributed by atoms with Crippen molar-refractivity contribution >= 4 is 5.97 Å². The fourth-order valence-corrected chi connectivity index (χ4v) is 2.53. The molecule has 0 radical (unpaired) electrons. The molecule has 7 N–H and O–H groups in total. The molecule has 0 saturated carbocycles. The molecule has 134 valence electrons. The van der Waals surface area contributed by atoms with E-state index in [2.05, 4.69) is 0 Å². The number of rotatable bonds is 3. The van der Waals surface area contributed by atoms with E-state index in [4.69, 9.17) is 19.3 Å². The van der Waals surface area contributed by atoms with Crippen molar-refractivity contribution < 1.29 is 54.8 Å². The molecule has 23 heavy (non-hydrogen) atoms. The van der Waals surface area contributed by atoms with Crippen molar-refractivity contribution in [1.29, 1.82) is 0 Å². The van der Waals surface area contributed by atoms with Gasteiger partial charge in [0.05, 0.1) is 6.10 Å². The number of carboxylic acid groups (broad SMARTS) is 1. The van der Waals surface area contributed by atoms with Gasteiger partial charge in [0.1, 0.15) is 36.6 Å². The van der Waals surface area contributed by atoms with Gasteiger partial charge in [-0.3, -0.25) is 0 Å². The van der Waals surface area contributed by atoms with Crippen molar-refractivity contribution in [3.63, 3.8) is 0 Å². The van der Waals surface area contributed by atoms with Crippen molar-refractivity contribution in [3.8, 4) is 0 Å². The van der Waals surface area contributed by atoms with Crippen LogP contribution in [0.25, 0.3) is 0 Å². The Balaban J connectivity index is 2.12. The van der Waals surface area contributed by atoms with E-state index in [0.29, 0.717) is 0 Å². The lowest BCUT2D eigenvalue weighted by Crippen LogP contribution is -2.64. The first-order chi connectivity index (χ1) is 10.6. The Morgan fingerprint density at radius 2 is 1.48 bits per heavy atom. The Hall–Kier alpha value is -0.890. The second-order valence-electron chi connectivity index (χ2n) is 5.55. The van der Waals surface area contributed by atoms with E-state index in [9.17, 15) is 35.4 Å². The van der Waals surface area contributed by atoms with Crippen LogP contribution in [0.1, 0.15) is 6.92 Å². The highest BCUT2D eigenvalue weighted by Gasteiger charge is 2.51. The highest BCUT2D eigenvalue weighted by Crippen LogP contribution is 2.28. The van der Waals surface area contributed by atoms with Gasteiger partial charge in [-0.1, -0.05) is 0 Å². The number of aliphatic hydroxyl groups excluding tert-OH is 6. The van der Waals surface area contributed by atoms with Gasteiger partial charge < -0.3 is 50.0 Å². The van der Waals surface area contributed by atoms with Crippen LogP contribution in [-0.4, -0.2) is 103 Å². The molecule has 0 spiro atoms. The fraction of sp³-hybridized carbons (Fsp3) is 0.917. The van der Waals surface area contributed by atoms with Crippen molar-refractivity contribution in [1.82, 2.24) is 0 Å². The van der Waals surface area contributed by atoms with Crippen molar-refractivity contribution in [2.24, 2.45) is 0 Å². The molecular formula is C12H20O11. The first kappa shape index (κ1) is 18.4. The highest BCUT2D eigenvalue weighted by molar-refractivity contribution is 5.73. The first-order valence-electron chi connectivity index (χ1n) is 6.92. The highest BCUT2D eigenvalue weighted by atomic mass is 16.7. The number of hydrogen-bond donors (Lipinski definition) is 7. The Bertz CT molecular complexity index is 431. The number of aliphatic hydroxyl groups is 6. The predicted octanol–water partition coefficient (Wildman–Crippen LogP) is -4.28. The van der Waals surface area contributed by atoms with Crippen LogP contribution in [0.15, 0.2) is 0 Å². The monoisotopic (exact) mass is 340 g/mol. The fourth-order valence-electron chi connectivity index (χ4n) is 2.53. The van der Waals surface area contributed by atoms with E-state index in [1.54, 1.807) is 0 Å². The molecule has 2 saturated heterocycles. The Morgan fingerprint density at radius 1 is 0.870 bits per heavy atom. The molecule has 0 bridgehead atoms. The molecule has 2 aliphatic heterocycles. The lowest BCUT2D eigenvalue weighted by atomic mass is 9.97. The van der Waals surface area contributed by atoms with Gasteiger partial charge in [0.15, 0.2) is 18.7 Å². The van der Waals surface area contributed by atoms with Crippen molar-refractivity contribution in [2.45, 2.75) is 68.3 Å². The molecule has 11 nitrogen and oxygen atoms in total. The van der Waals surface area contributed by atoms with Crippen LogP contribution < -0.4 is 0 Å². The van der Waals surface area contributed by atoms with Crippen LogP contribution in [0.2, 0.25) is 0 Å². The minimum Gasteiger partial charge on any atom is -0.479 e. The smallest absolute Gasteiger partial charge is 0.335 e. The van der Waals surface area contributed by atoms with Gasteiger partial charge in [-0.15, -0.1) is 0 Å². The molecular weight excluding hydrogens is 320 g/mol. The molecule has 0 aromatic carbocycles. The van der Waals surface area contributed by atoms with Crippen molar-refractivity contribution in [3.05, 3.63) is 0 Å². The van der Waals surface area contributed by atoms with Gasteiger partial charge in [-0.25, -0.2) is 4.79 Å². The van der Waals surface area contributed by atoms with E-state index in [1.807, 2.05) is 0 Å². The molecule has 0 aromatic rings. The number of aliphatic carboxylic acids is 1. The van der Waals surface area contributed by atoms with Gasteiger partial charge in [0.2, 0.25) is 0 Å². The molecule has 2 heterocycles. The molecule has 11 heteroatoms. The molecule has 0 amide bonds. The van der Waals surface area contributed by atoms with E-state index in [1.165, 1.54) is 6.92 Å². The summed E-state index contributed by atoms with van der Waals surface area (Å²) in [5, 5.41) is 66.9. The Kier molecular flexibility index (Phi) is 5.56. The minimum absolute atomic E-state index is 0.938. The summed E-state index contributed by atoms with van der Waals surface area (Å²) in [5.41, 5.74) is 0. The summed E-state index contributed by atoms with van der Waals surface area (Å²) in [6, 6.07) is 0. The quantitative estimate of drug-likeness (QED) is 0.263. The van der Waals surface area contributed by atoms with E-state index >= 15 is 0 Å². The van der Waals surface area contributed by atoms with Crippen LogP contribution in [0.5, 0.6) is 0 Å². The van der Waals surface area contributed by atoms with E-state index < -0.39 is 67.4 Å². The maximum absolute atomic E-state index is 11.0. The maximum Gasteiger partial charge on any atom is 0.335 e. The lowest BCUT2D eigenvalue weighted by Gasteiger charge is -2.44. The zero-order valence-corrected chi connectivity index (χ0v) is 12.0. The number of ether oxygens (including phenoxy) is 3. The summed E-state index contributed by atoms with van der Waals surface area (Å²) in [6.07, 6.45) is -16.3. The van der Waals surface area contributed by atoms with Gasteiger partial charge in [-0.05, 0) is 6.92 Å². The number of hydrogen-bond acceptors (Lipinski definition) is 10. The summed E-state index contributed by atoms with van der Waals surface area (Å²) < 4.78 is 15.1. The normalized spacial score (nSPS) is 51.4. The van der Waals surface area contributed by atoms with E-state index in [0.717, 1.165) is 0 Å². The molecule has 0 unspecified atom stereocenters. The summed E-state index contributed by atoms with van der Waals surface area (Å²) in [5.74, 6) is -1.58. The van der Waals surface area contributed by atoms with Crippen LogP contribution in [0, 0.1) is 0 Å². The van der Waals surface area contributed by atoms with Gasteiger partial charge in [0.25, 0.3) is 0 Å². The minimum atomic E-state index is -1.88. The van der Waals surface area contributed by atoms with Crippen LogP contribution >= 0.6 is 0 Å². The third kappa shape index (κ3) is 3.47. The van der Waals surface area contributed by atoms with Crippen LogP contribution in [-0.2, 0) is 19.0 Å². The average Bonchev–Trinajstić information content (AvgIpc) is 2.48. The third-order valence-electron chi connectivity index (χ3n) is 3.90. The zero-order chi connectivity index (χ0) is 17.5. The summed E-state index contributed by atoms with van der Waals surface area (Å²) in [7, 11) is 0. The molecule has 2 aliphatic rings. The average molecular weight is 340 g/mol. The second-order valence-corrected chi connectivity index (χ2v) is 5.55. The SMILES string of the molecule is C[C@@H]1O[C@@H](O)[C@@H](O)[C@H](O)[C@@H]1O[C@@H]1O[C@@H](C(=O)O)[C@H](O)[C@H](O)[C@H]1O. The van der Waals surface area contributed by atoms with Crippen LogP contribution in [0.4, 0.5) is 0 Å². The lowest BCUT2D eigenvalue weighted by molar-refractivity contribution is -0.347. The van der Waals surface area contributed by atoms with Crippen molar-refractivity contribution in [2.75, 3.05) is 0 Å². The summed E-state index contributed by atoms with van der Waals surface area (Å²) >= 11 is 0. The Labute approximate surface area is 130 Å². The number of carbonyl (C=O) groups is 1. The zero-order valence-electron chi connectivity index (χ0n) is 12.0. The van der Waals surface area contributed by atoms with Gasteiger partial charge >= 0.3 is 5.97 Å².